The summed E-state index contributed by atoms with van der Waals surface area (Å²) in [6.07, 6.45) is 0. The first kappa shape index (κ1) is 24.1. The summed E-state index contributed by atoms with van der Waals surface area (Å²) < 4.78 is 11.3. The average Bonchev–Trinajstić information content (AvgIpc) is 2.78. The SMILES string of the molecule is Cc1cc(C)c(C(=O)Oc2c(C)c(C)c(C(=O)OCc3ccccc3)c(C)c2C)c(O)c1C. The molecule has 0 amide bonds. The lowest BCUT2D eigenvalue weighted by Gasteiger charge is -2.20. The fourth-order valence-electron chi connectivity index (χ4n) is 4.00. The molecule has 172 valence electrons. The second-order valence-electron chi connectivity index (χ2n) is 8.51. The molecule has 0 bridgehead atoms. The lowest BCUT2D eigenvalue weighted by atomic mass is 9.93. The summed E-state index contributed by atoms with van der Waals surface area (Å²) >= 11 is 0. The number of esters is 2. The van der Waals surface area contributed by atoms with Crippen molar-refractivity contribution in [3.05, 3.63) is 92.0 Å². The zero-order valence-corrected chi connectivity index (χ0v) is 20.3. The van der Waals surface area contributed by atoms with Crippen molar-refractivity contribution in [2.45, 2.75) is 55.1 Å². The summed E-state index contributed by atoms with van der Waals surface area (Å²) in [4.78, 5) is 26.0. The van der Waals surface area contributed by atoms with Crippen LogP contribution in [-0.2, 0) is 11.3 Å². The predicted molar refractivity (Wildman–Crippen MR) is 128 cm³/mol. The van der Waals surface area contributed by atoms with Gasteiger partial charge in [-0.3, -0.25) is 0 Å². The highest BCUT2D eigenvalue weighted by atomic mass is 16.5. The van der Waals surface area contributed by atoms with Crippen molar-refractivity contribution < 1.29 is 24.2 Å². The van der Waals surface area contributed by atoms with Gasteiger partial charge in [0.05, 0.1) is 5.56 Å². The smallest absolute Gasteiger partial charge is 0.347 e. The van der Waals surface area contributed by atoms with E-state index in [1.54, 1.807) is 13.8 Å². The van der Waals surface area contributed by atoms with Gasteiger partial charge in [0, 0.05) is 0 Å². The lowest BCUT2D eigenvalue weighted by Crippen LogP contribution is -2.16. The molecular weight excluding hydrogens is 416 g/mol. The first-order valence-electron chi connectivity index (χ1n) is 10.9. The molecule has 3 rings (SSSR count). The Bertz CT molecular complexity index is 1210. The monoisotopic (exact) mass is 446 g/mol. The van der Waals surface area contributed by atoms with Crippen LogP contribution in [0.15, 0.2) is 36.4 Å². The molecule has 0 fully saturated rings. The number of carbonyl (C=O) groups is 2. The zero-order valence-electron chi connectivity index (χ0n) is 20.3. The van der Waals surface area contributed by atoms with E-state index in [0.717, 1.165) is 11.1 Å². The highest BCUT2D eigenvalue weighted by molar-refractivity contribution is 5.97. The minimum Gasteiger partial charge on any atom is -0.507 e. The zero-order chi connectivity index (χ0) is 24.4. The summed E-state index contributed by atoms with van der Waals surface area (Å²) in [5.41, 5.74) is 6.47. The van der Waals surface area contributed by atoms with Gasteiger partial charge >= 0.3 is 11.9 Å². The van der Waals surface area contributed by atoms with Gasteiger partial charge in [0.2, 0.25) is 0 Å². The molecule has 5 nitrogen and oxygen atoms in total. The summed E-state index contributed by atoms with van der Waals surface area (Å²) in [5.74, 6) is -0.716. The van der Waals surface area contributed by atoms with Gasteiger partial charge in [-0.2, -0.15) is 0 Å². The summed E-state index contributed by atoms with van der Waals surface area (Å²) in [7, 11) is 0. The van der Waals surface area contributed by atoms with Crippen molar-refractivity contribution in [1.29, 1.82) is 0 Å². The highest BCUT2D eigenvalue weighted by Crippen LogP contribution is 2.35. The van der Waals surface area contributed by atoms with Crippen molar-refractivity contribution in [1.82, 2.24) is 0 Å². The Hall–Kier alpha value is -3.60. The van der Waals surface area contributed by atoms with Gasteiger partial charge < -0.3 is 14.6 Å². The van der Waals surface area contributed by atoms with Crippen LogP contribution in [0.25, 0.3) is 0 Å². The molecule has 3 aromatic carbocycles. The predicted octanol–water partition coefficient (Wildman–Crippen LogP) is 6.13. The number of rotatable bonds is 5. The summed E-state index contributed by atoms with van der Waals surface area (Å²) in [5, 5.41) is 10.6. The molecule has 0 saturated heterocycles. The van der Waals surface area contributed by atoms with Crippen LogP contribution in [0.4, 0.5) is 0 Å². The first-order chi connectivity index (χ1) is 15.5. The fraction of sp³-hybridized carbons (Fsp3) is 0.286. The normalized spacial score (nSPS) is 10.8. The Balaban J connectivity index is 1.94. The van der Waals surface area contributed by atoms with Crippen LogP contribution in [0.2, 0.25) is 0 Å². The van der Waals surface area contributed by atoms with Crippen molar-refractivity contribution in [3.63, 3.8) is 0 Å². The molecule has 0 aromatic heterocycles. The van der Waals surface area contributed by atoms with Crippen LogP contribution in [0.5, 0.6) is 11.5 Å². The molecule has 5 heteroatoms. The molecular formula is C28H30O5. The number of phenols is 1. The number of aryl methyl sites for hydroxylation is 2. The molecule has 0 aliphatic heterocycles. The quantitative estimate of drug-likeness (QED) is 0.377. The van der Waals surface area contributed by atoms with E-state index in [1.165, 1.54) is 0 Å². The molecule has 3 aromatic rings. The van der Waals surface area contributed by atoms with Crippen LogP contribution >= 0.6 is 0 Å². The number of ether oxygens (including phenoxy) is 2. The maximum Gasteiger partial charge on any atom is 0.347 e. The van der Waals surface area contributed by atoms with E-state index in [1.807, 2.05) is 71.0 Å². The average molecular weight is 447 g/mol. The van der Waals surface area contributed by atoms with Crippen LogP contribution in [0.1, 0.15) is 65.2 Å². The third-order valence-electron chi connectivity index (χ3n) is 6.38. The van der Waals surface area contributed by atoms with Gasteiger partial charge in [0.1, 0.15) is 23.7 Å². The van der Waals surface area contributed by atoms with Crippen molar-refractivity contribution in [2.24, 2.45) is 0 Å². The maximum atomic E-state index is 13.1. The van der Waals surface area contributed by atoms with E-state index in [2.05, 4.69) is 0 Å². The van der Waals surface area contributed by atoms with E-state index in [4.69, 9.17) is 9.47 Å². The highest BCUT2D eigenvalue weighted by Gasteiger charge is 2.25. The molecule has 0 radical (unpaired) electrons. The van der Waals surface area contributed by atoms with E-state index >= 15 is 0 Å². The second kappa shape index (κ2) is 9.49. The second-order valence-corrected chi connectivity index (χ2v) is 8.51. The van der Waals surface area contributed by atoms with Crippen molar-refractivity contribution >= 4 is 11.9 Å². The Kier molecular flexibility index (Phi) is 6.92. The number of carbonyl (C=O) groups excluding carboxylic acids is 2. The molecule has 0 saturated carbocycles. The summed E-state index contributed by atoms with van der Waals surface area (Å²) in [6, 6.07) is 11.4. The molecule has 0 heterocycles. The Labute approximate surface area is 195 Å². The van der Waals surface area contributed by atoms with Crippen LogP contribution in [0, 0.1) is 48.5 Å². The number of hydrogen-bond acceptors (Lipinski definition) is 5. The number of hydrogen-bond donors (Lipinski definition) is 1. The Morgan fingerprint density at radius 1 is 0.727 bits per heavy atom. The molecule has 0 atom stereocenters. The van der Waals surface area contributed by atoms with Gasteiger partial charge in [-0.1, -0.05) is 36.4 Å². The number of phenolic OH excluding ortho intramolecular Hbond substituents is 1. The Morgan fingerprint density at radius 2 is 1.30 bits per heavy atom. The third kappa shape index (κ3) is 4.63. The van der Waals surface area contributed by atoms with E-state index in [9.17, 15) is 14.7 Å². The summed E-state index contributed by atoms with van der Waals surface area (Å²) in [6.45, 7) is 12.9. The van der Waals surface area contributed by atoms with E-state index in [0.29, 0.717) is 44.7 Å². The van der Waals surface area contributed by atoms with E-state index in [-0.39, 0.29) is 17.9 Å². The standard InChI is InChI=1S/C28H30O5/c1-15-13-16(2)23(25(29)17(15)3)28(31)33-26-20(6)18(4)24(19(5)21(26)7)27(30)32-14-22-11-9-8-10-12-22/h8-13,29H,14H2,1-7H3. The molecule has 33 heavy (non-hydrogen) atoms. The molecule has 0 spiro atoms. The van der Waals surface area contributed by atoms with E-state index < -0.39 is 11.9 Å². The van der Waals surface area contributed by atoms with Gasteiger partial charge in [0.25, 0.3) is 0 Å². The topological polar surface area (TPSA) is 72.8 Å². The van der Waals surface area contributed by atoms with Gasteiger partial charge in [-0.05, 0) is 93.0 Å². The van der Waals surface area contributed by atoms with Crippen LogP contribution in [0.3, 0.4) is 0 Å². The minimum atomic E-state index is -0.627. The fourth-order valence-corrected chi connectivity index (χ4v) is 4.00. The Morgan fingerprint density at radius 3 is 1.88 bits per heavy atom. The van der Waals surface area contributed by atoms with Gasteiger partial charge in [-0.15, -0.1) is 0 Å². The van der Waals surface area contributed by atoms with Crippen molar-refractivity contribution in [2.75, 3.05) is 0 Å². The first-order valence-corrected chi connectivity index (χ1v) is 10.9. The largest absolute Gasteiger partial charge is 0.507 e. The number of benzene rings is 3. The number of aromatic hydroxyl groups is 1. The van der Waals surface area contributed by atoms with Gasteiger partial charge in [-0.25, -0.2) is 9.59 Å². The van der Waals surface area contributed by atoms with Crippen LogP contribution in [-0.4, -0.2) is 17.0 Å². The van der Waals surface area contributed by atoms with Crippen molar-refractivity contribution in [3.8, 4) is 11.5 Å². The third-order valence-corrected chi connectivity index (χ3v) is 6.38. The molecule has 0 aliphatic carbocycles. The lowest BCUT2D eigenvalue weighted by molar-refractivity contribution is 0.0470. The van der Waals surface area contributed by atoms with Gasteiger partial charge in [0.15, 0.2) is 0 Å². The van der Waals surface area contributed by atoms with Crippen LogP contribution < -0.4 is 4.74 Å². The molecule has 0 aliphatic rings. The molecule has 0 unspecified atom stereocenters. The minimum absolute atomic E-state index is 0.0673. The molecule has 1 N–H and O–H groups in total. The maximum absolute atomic E-state index is 13.1.